The topological polar surface area (TPSA) is 132 Å². The van der Waals surface area contributed by atoms with Gasteiger partial charge in [-0.15, -0.1) is 0 Å². The van der Waals surface area contributed by atoms with Crippen molar-refractivity contribution in [3.63, 3.8) is 0 Å². The molecule has 2 aliphatic rings. The predicted octanol–water partition coefficient (Wildman–Crippen LogP) is 3.45. The number of hydrogen-bond acceptors (Lipinski definition) is 4. The molecular weight excluding hydrogens is 594 g/mol. The Hall–Kier alpha value is -4.42. The van der Waals surface area contributed by atoms with Gasteiger partial charge in [0.1, 0.15) is 23.4 Å². The van der Waals surface area contributed by atoms with Crippen LogP contribution in [0.2, 0.25) is 0 Å². The van der Waals surface area contributed by atoms with E-state index < -0.39 is 58.8 Å². The van der Waals surface area contributed by atoms with Crippen LogP contribution in [0.5, 0.6) is 0 Å². The van der Waals surface area contributed by atoms with E-state index in [9.17, 15) is 36.7 Å². The first-order valence-electron chi connectivity index (χ1n) is 15.0. The molecule has 240 valence electrons. The minimum atomic E-state index is -4.62. The van der Waals surface area contributed by atoms with Gasteiger partial charge in [0.2, 0.25) is 23.6 Å². The highest BCUT2D eigenvalue weighted by atomic mass is 19.4. The number of amides is 4. The van der Waals surface area contributed by atoms with Gasteiger partial charge in [-0.05, 0) is 48.4 Å². The number of hydrogen-bond donors (Lipinski definition) is 5. The van der Waals surface area contributed by atoms with E-state index in [-0.39, 0.29) is 48.1 Å². The number of para-hydroxylation sites is 1. The SMILES string of the molecule is CCC(C)[C@H](NC(=O)Cc1ccccc1F)C(=O)N[C@]1(C(=O)N[C@H]2CCNC2=O)CCc2[nH]c3c(C(F)(F)F)cccc3c2C1. The standard InChI is InChI=1S/C32H35F4N5O4/c1-3-17(2)26(40-25(42)15-18-7-4-5-10-22(18)33)29(44)41-31(30(45)39-24-12-14-37-28(24)43)13-11-23-20(16-31)19-8-6-9-21(27(19)38-23)32(34,35)36/h4-10,17,24,26,38H,3,11-16H2,1-2H3,(H,37,43)(H,39,45)(H,40,42)(H,41,44)/t17?,24-,26-,31+/m0/s1. The first-order chi connectivity index (χ1) is 21.3. The Morgan fingerprint density at radius 2 is 1.87 bits per heavy atom. The molecule has 2 heterocycles. The smallest absolute Gasteiger partial charge is 0.358 e. The predicted molar refractivity (Wildman–Crippen MR) is 157 cm³/mol. The number of aromatic amines is 1. The summed E-state index contributed by atoms with van der Waals surface area (Å²) in [5, 5.41) is 11.2. The summed E-state index contributed by atoms with van der Waals surface area (Å²) >= 11 is 0. The summed E-state index contributed by atoms with van der Waals surface area (Å²) in [6.07, 6.45) is -4.09. The highest BCUT2D eigenvalue weighted by Crippen LogP contribution is 2.40. The van der Waals surface area contributed by atoms with Gasteiger partial charge in [-0.2, -0.15) is 13.2 Å². The van der Waals surface area contributed by atoms with E-state index in [2.05, 4.69) is 26.3 Å². The van der Waals surface area contributed by atoms with Crippen LogP contribution in [0.3, 0.4) is 0 Å². The van der Waals surface area contributed by atoms with Crippen molar-refractivity contribution in [1.29, 1.82) is 0 Å². The molecule has 4 atom stereocenters. The summed E-state index contributed by atoms with van der Waals surface area (Å²) in [5.41, 5.74) is -1.46. The number of aromatic nitrogens is 1. The van der Waals surface area contributed by atoms with E-state index in [0.717, 1.165) is 6.07 Å². The zero-order valence-corrected chi connectivity index (χ0v) is 24.9. The second kappa shape index (κ2) is 12.5. The molecule has 3 aromatic rings. The normalized spacial score (nSPS) is 21.0. The minimum Gasteiger partial charge on any atom is -0.358 e. The van der Waals surface area contributed by atoms with Crippen LogP contribution < -0.4 is 21.3 Å². The lowest BCUT2D eigenvalue weighted by Gasteiger charge is -2.39. The van der Waals surface area contributed by atoms with Crippen LogP contribution in [0.15, 0.2) is 42.5 Å². The van der Waals surface area contributed by atoms with E-state index in [4.69, 9.17) is 0 Å². The maximum atomic E-state index is 14.2. The van der Waals surface area contributed by atoms with Crippen molar-refractivity contribution in [1.82, 2.24) is 26.3 Å². The molecule has 13 heteroatoms. The number of carbonyl (C=O) groups excluding carboxylic acids is 4. The van der Waals surface area contributed by atoms with E-state index in [1.807, 2.05) is 6.92 Å². The van der Waals surface area contributed by atoms with Crippen molar-refractivity contribution in [3.05, 3.63) is 70.7 Å². The van der Waals surface area contributed by atoms with Gasteiger partial charge in [0.25, 0.3) is 0 Å². The van der Waals surface area contributed by atoms with Crippen molar-refractivity contribution in [2.24, 2.45) is 5.92 Å². The van der Waals surface area contributed by atoms with Crippen molar-refractivity contribution >= 4 is 34.5 Å². The summed E-state index contributed by atoms with van der Waals surface area (Å²) < 4.78 is 55.7. The third-order valence-electron chi connectivity index (χ3n) is 8.89. The fourth-order valence-corrected chi connectivity index (χ4v) is 6.15. The molecule has 1 saturated heterocycles. The average molecular weight is 630 g/mol. The van der Waals surface area contributed by atoms with Crippen LogP contribution in [0.4, 0.5) is 17.6 Å². The summed E-state index contributed by atoms with van der Waals surface area (Å²) in [4.78, 5) is 56.1. The number of aryl methyl sites for hydroxylation is 1. The minimum absolute atomic E-state index is 0.0243. The maximum Gasteiger partial charge on any atom is 0.418 e. The molecule has 1 unspecified atom stereocenters. The van der Waals surface area contributed by atoms with Crippen molar-refractivity contribution in [2.45, 2.75) is 76.2 Å². The Bertz CT molecular complexity index is 1640. The Labute approximate surface area is 256 Å². The highest BCUT2D eigenvalue weighted by Gasteiger charge is 2.47. The van der Waals surface area contributed by atoms with E-state index >= 15 is 0 Å². The molecule has 5 N–H and O–H groups in total. The van der Waals surface area contributed by atoms with Crippen LogP contribution in [0, 0.1) is 11.7 Å². The van der Waals surface area contributed by atoms with Crippen LogP contribution in [0.1, 0.15) is 55.5 Å². The second-order valence-corrected chi connectivity index (χ2v) is 11.9. The Morgan fingerprint density at radius 3 is 2.53 bits per heavy atom. The number of nitrogens with one attached hydrogen (secondary N) is 5. The Balaban J connectivity index is 1.47. The Kier molecular flexibility index (Phi) is 8.90. The lowest BCUT2D eigenvalue weighted by atomic mass is 9.78. The van der Waals surface area contributed by atoms with E-state index in [1.165, 1.54) is 30.3 Å². The van der Waals surface area contributed by atoms with Gasteiger partial charge in [0.15, 0.2) is 0 Å². The quantitative estimate of drug-likeness (QED) is 0.232. The van der Waals surface area contributed by atoms with Crippen LogP contribution >= 0.6 is 0 Å². The molecule has 1 aliphatic carbocycles. The fourth-order valence-electron chi connectivity index (χ4n) is 6.15. The molecule has 9 nitrogen and oxygen atoms in total. The molecule has 4 amide bonds. The number of halogens is 4. The number of fused-ring (bicyclic) bond motifs is 3. The largest absolute Gasteiger partial charge is 0.418 e. The van der Waals surface area contributed by atoms with Gasteiger partial charge in [-0.1, -0.05) is 50.6 Å². The van der Waals surface area contributed by atoms with Crippen LogP contribution in [0.25, 0.3) is 10.9 Å². The van der Waals surface area contributed by atoms with E-state index in [0.29, 0.717) is 30.6 Å². The second-order valence-electron chi connectivity index (χ2n) is 11.9. The number of alkyl halides is 3. The molecule has 5 rings (SSSR count). The van der Waals surface area contributed by atoms with Crippen molar-refractivity contribution < 1.29 is 36.7 Å². The third kappa shape index (κ3) is 6.52. The molecule has 0 spiro atoms. The number of benzene rings is 2. The zero-order chi connectivity index (χ0) is 32.5. The van der Waals surface area contributed by atoms with Crippen LogP contribution in [-0.2, 0) is 44.6 Å². The highest BCUT2D eigenvalue weighted by molar-refractivity contribution is 5.99. The molecule has 0 radical (unpaired) electrons. The summed E-state index contributed by atoms with van der Waals surface area (Å²) in [6.45, 7) is 3.94. The number of carbonyl (C=O) groups is 4. The third-order valence-corrected chi connectivity index (χ3v) is 8.89. The number of H-pyrrole nitrogens is 1. The Morgan fingerprint density at radius 1 is 1.11 bits per heavy atom. The molecular formula is C32H35F4N5O4. The zero-order valence-electron chi connectivity index (χ0n) is 24.9. The molecule has 2 aromatic carbocycles. The van der Waals surface area contributed by atoms with Gasteiger partial charge in [0, 0.05) is 24.0 Å². The van der Waals surface area contributed by atoms with Gasteiger partial charge in [0.05, 0.1) is 17.5 Å². The van der Waals surface area contributed by atoms with E-state index in [1.54, 1.807) is 13.0 Å². The fraction of sp³-hybridized carbons (Fsp3) is 0.438. The monoisotopic (exact) mass is 629 g/mol. The lowest BCUT2D eigenvalue weighted by Crippen LogP contribution is -2.66. The van der Waals surface area contributed by atoms with Crippen LogP contribution in [-0.4, -0.2) is 52.8 Å². The molecule has 0 saturated carbocycles. The molecule has 45 heavy (non-hydrogen) atoms. The first kappa shape index (κ1) is 32.0. The van der Waals surface area contributed by atoms with Gasteiger partial charge >= 0.3 is 6.18 Å². The van der Waals surface area contributed by atoms with Crippen molar-refractivity contribution in [2.75, 3.05) is 6.54 Å². The average Bonchev–Trinajstić information content (AvgIpc) is 3.58. The van der Waals surface area contributed by atoms with Crippen molar-refractivity contribution in [3.8, 4) is 0 Å². The van der Waals surface area contributed by atoms with Gasteiger partial charge < -0.3 is 26.3 Å². The first-order valence-corrected chi connectivity index (χ1v) is 15.0. The molecule has 1 aromatic heterocycles. The van der Waals surface area contributed by atoms with Gasteiger partial charge in [-0.3, -0.25) is 19.2 Å². The molecule has 1 aliphatic heterocycles. The molecule has 1 fully saturated rings. The maximum absolute atomic E-state index is 14.2. The lowest BCUT2D eigenvalue weighted by molar-refractivity contribution is -0.138. The summed E-state index contributed by atoms with van der Waals surface area (Å²) in [7, 11) is 0. The van der Waals surface area contributed by atoms with Gasteiger partial charge in [-0.25, -0.2) is 4.39 Å². The number of rotatable bonds is 9. The molecule has 0 bridgehead atoms. The summed E-state index contributed by atoms with van der Waals surface area (Å²) in [5.74, 6) is -3.24. The summed E-state index contributed by atoms with van der Waals surface area (Å²) in [6, 6.07) is 7.66.